The highest BCUT2D eigenvalue weighted by molar-refractivity contribution is 5.85. The van der Waals surface area contributed by atoms with Gasteiger partial charge in [0.1, 0.15) is 0 Å². The Labute approximate surface area is 108 Å². The zero-order valence-corrected chi connectivity index (χ0v) is 10.8. The second-order valence-electron chi connectivity index (χ2n) is 4.45. The van der Waals surface area contributed by atoms with E-state index in [1.165, 1.54) is 12.8 Å². The van der Waals surface area contributed by atoms with Gasteiger partial charge in [-0.15, -0.1) is 12.4 Å². The van der Waals surface area contributed by atoms with E-state index in [1.807, 2.05) is 0 Å². The Bertz CT molecular complexity index is 231. The van der Waals surface area contributed by atoms with Crippen molar-refractivity contribution in [1.82, 2.24) is 10.6 Å². The summed E-state index contributed by atoms with van der Waals surface area (Å²) in [6.45, 7) is 3.79. The molecule has 1 unspecified atom stereocenters. The van der Waals surface area contributed by atoms with Gasteiger partial charge < -0.3 is 20.1 Å². The highest BCUT2D eigenvalue weighted by Crippen LogP contribution is 2.27. The van der Waals surface area contributed by atoms with Crippen LogP contribution in [-0.2, 0) is 14.3 Å². The minimum atomic E-state index is 0. The lowest BCUT2D eigenvalue weighted by Gasteiger charge is -2.23. The van der Waals surface area contributed by atoms with Gasteiger partial charge in [0.2, 0.25) is 5.91 Å². The molecule has 0 aromatic heterocycles. The Morgan fingerprint density at radius 1 is 1.24 bits per heavy atom. The highest BCUT2D eigenvalue weighted by Gasteiger charge is 2.20. The Morgan fingerprint density at radius 3 is 2.71 bits per heavy atom. The molecule has 2 rings (SSSR count). The number of rotatable bonds is 6. The van der Waals surface area contributed by atoms with Gasteiger partial charge in [0, 0.05) is 6.54 Å². The van der Waals surface area contributed by atoms with E-state index >= 15 is 0 Å². The predicted octanol–water partition coefficient (Wildman–Crippen LogP) is -0.0606. The van der Waals surface area contributed by atoms with Crippen LogP contribution in [0.25, 0.3) is 0 Å². The summed E-state index contributed by atoms with van der Waals surface area (Å²) in [6.07, 6.45) is 2.63. The van der Waals surface area contributed by atoms with Crippen molar-refractivity contribution in [3.05, 3.63) is 0 Å². The summed E-state index contributed by atoms with van der Waals surface area (Å²) >= 11 is 0. The maximum Gasteiger partial charge on any atom is 0.234 e. The molecule has 1 aliphatic heterocycles. The lowest BCUT2D eigenvalue weighted by Crippen LogP contribution is -2.42. The first-order valence-corrected chi connectivity index (χ1v) is 6.01. The summed E-state index contributed by atoms with van der Waals surface area (Å²) in [7, 11) is 0. The summed E-state index contributed by atoms with van der Waals surface area (Å²) in [5.41, 5.74) is 0. The lowest BCUT2D eigenvalue weighted by atomic mass is 10.3. The molecule has 1 heterocycles. The molecule has 6 heteroatoms. The number of ether oxygens (including phenoxy) is 2. The second kappa shape index (κ2) is 7.87. The number of halogens is 1. The third-order valence-electron chi connectivity index (χ3n) is 2.83. The monoisotopic (exact) mass is 264 g/mol. The molecule has 1 amide bonds. The van der Waals surface area contributed by atoms with Crippen LogP contribution in [0, 0.1) is 5.92 Å². The smallest absolute Gasteiger partial charge is 0.234 e. The quantitative estimate of drug-likeness (QED) is 0.706. The number of carbonyl (C=O) groups is 1. The average molecular weight is 265 g/mol. The van der Waals surface area contributed by atoms with Crippen LogP contribution in [-0.4, -0.2) is 51.5 Å². The van der Waals surface area contributed by atoms with Crippen LogP contribution < -0.4 is 10.6 Å². The van der Waals surface area contributed by atoms with E-state index in [-0.39, 0.29) is 24.4 Å². The number of carbonyl (C=O) groups excluding carboxylic acids is 1. The van der Waals surface area contributed by atoms with Crippen molar-refractivity contribution in [2.24, 2.45) is 5.92 Å². The maximum atomic E-state index is 11.4. The molecule has 2 aliphatic rings. The van der Waals surface area contributed by atoms with Crippen molar-refractivity contribution in [2.75, 3.05) is 39.5 Å². The first-order valence-electron chi connectivity index (χ1n) is 6.01. The van der Waals surface area contributed by atoms with Gasteiger partial charge in [0.25, 0.3) is 0 Å². The van der Waals surface area contributed by atoms with E-state index in [0.29, 0.717) is 32.9 Å². The van der Waals surface area contributed by atoms with E-state index in [2.05, 4.69) is 10.6 Å². The van der Waals surface area contributed by atoms with Crippen molar-refractivity contribution in [3.8, 4) is 0 Å². The molecule has 2 N–H and O–H groups in total. The van der Waals surface area contributed by atoms with E-state index in [9.17, 15) is 4.79 Å². The van der Waals surface area contributed by atoms with E-state index in [1.54, 1.807) is 0 Å². The van der Waals surface area contributed by atoms with Gasteiger partial charge >= 0.3 is 0 Å². The predicted molar refractivity (Wildman–Crippen MR) is 66.4 cm³/mol. The molecular weight excluding hydrogens is 244 g/mol. The van der Waals surface area contributed by atoms with Crippen LogP contribution >= 0.6 is 12.4 Å². The van der Waals surface area contributed by atoms with Gasteiger partial charge in [-0.2, -0.15) is 0 Å². The molecule has 5 nitrogen and oxygen atoms in total. The van der Waals surface area contributed by atoms with Crippen LogP contribution in [0.3, 0.4) is 0 Å². The molecule has 17 heavy (non-hydrogen) atoms. The molecule has 1 atom stereocenters. The van der Waals surface area contributed by atoms with E-state index in [0.717, 1.165) is 12.5 Å². The number of amides is 1. The Morgan fingerprint density at radius 2 is 2.06 bits per heavy atom. The molecular formula is C11H21ClN2O3. The second-order valence-corrected chi connectivity index (χ2v) is 4.45. The minimum absolute atomic E-state index is 0. The molecule has 0 aromatic rings. The molecule has 0 radical (unpaired) electrons. The molecule has 1 aliphatic carbocycles. The van der Waals surface area contributed by atoms with E-state index in [4.69, 9.17) is 9.47 Å². The third-order valence-corrected chi connectivity index (χ3v) is 2.83. The molecule has 100 valence electrons. The van der Waals surface area contributed by atoms with Gasteiger partial charge in [-0.25, -0.2) is 0 Å². The minimum Gasteiger partial charge on any atom is -0.376 e. The molecule has 1 saturated heterocycles. The van der Waals surface area contributed by atoms with Crippen molar-refractivity contribution in [3.63, 3.8) is 0 Å². The standard InChI is InChI=1S/C11H20N2O3.ClH/c14-11(7-12-5-9-1-2-9)13-6-10-8-15-3-4-16-10;/h9-10,12H,1-8H2,(H,13,14);1H. The molecule has 0 bridgehead atoms. The zero-order valence-electron chi connectivity index (χ0n) is 9.94. The lowest BCUT2D eigenvalue weighted by molar-refractivity contribution is -0.123. The fourth-order valence-electron chi connectivity index (χ4n) is 1.66. The highest BCUT2D eigenvalue weighted by atomic mass is 35.5. The third kappa shape index (κ3) is 6.21. The van der Waals surface area contributed by atoms with Gasteiger partial charge in [0.05, 0.1) is 32.5 Å². The van der Waals surface area contributed by atoms with Crippen molar-refractivity contribution >= 4 is 18.3 Å². The van der Waals surface area contributed by atoms with Gasteiger partial charge in [0.15, 0.2) is 0 Å². The van der Waals surface area contributed by atoms with Crippen molar-refractivity contribution in [2.45, 2.75) is 18.9 Å². The number of hydrogen-bond donors (Lipinski definition) is 2. The Kier molecular flexibility index (Phi) is 6.80. The number of hydrogen-bond acceptors (Lipinski definition) is 4. The van der Waals surface area contributed by atoms with Crippen LogP contribution in [0.1, 0.15) is 12.8 Å². The fraction of sp³-hybridized carbons (Fsp3) is 0.909. The molecule has 2 fully saturated rings. The summed E-state index contributed by atoms with van der Waals surface area (Å²) in [6, 6.07) is 0. The van der Waals surface area contributed by atoms with Crippen LogP contribution in [0.15, 0.2) is 0 Å². The van der Waals surface area contributed by atoms with Crippen LogP contribution in [0.2, 0.25) is 0 Å². The first-order chi connectivity index (χ1) is 7.84. The maximum absolute atomic E-state index is 11.4. The first kappa shape index (κ1) is 14.7. The van der Waals surface area contributed by atoms with Crippen LogP contribution in [0.4, 0.5) is 0 Å². The molecule has 0 aromatic carbocycles. The zero-order chi connectivity index (χ0) is 11.2. The molecule has 1 saturated carbocycles. The number of nitrogens with one attached hydrogen (secondary N) is 2. The summed E-state index contributed by atoms with van der Waals surface area (Å²) < 4.78 is 10.7. The van der Waals surface area contributed by atoms with Crippen LogP contribution in [0.5, 0.6) is 0 Å². The summed E-state index contributed by atoms with van der Waals surface area (Å²) in [5.74, 6) is 0.845. The van der Waals surface area contributed by atoms with Gasteiger partial charge in [-0.3, -0.25) is 4.79 Å². The average Bonchev–Trinajstić information content (AvgIpc) is 3.12. The SMILES string of the molecule is Cl.O=C(CNCC1CC1)NCC1COCCO1. The fourth-order valence-corrected chi connectivity index (χ4v) is 1.66. The molecule has 0 spiro atoms. The normalized spacial score (nSPS) is 23.9. The van der Waals surface area contributed by atoms with E-state index < -0.39 is 0 Å². The Balaban J connectivity index is 0.00000144. The largest absolute Gasteiger partial charge is 0.376 e. The summed E-state index contributed by atoms with van der Waals surface area (Å²) in [5, 5.41) is 5.99. The topological polar surface area (TPSA) is 59.6 Å². The van der Waals surface area contributed by atoms with Crippen molar-refractivity contribution < 1.29 is 14.3 Å². The van der Waals surface area contributed by atoms with Gasteiger partial charge in [-0.1, -0.05) is 0 Å². The summed E-state index contributed by atoms with van der Waals surface area (Å²) in [4.78, 5) is 11.4. The Hall–Kier alpha value is -0.360. The van der Waals surface area contributed by atoms with Gasteiger partial charge in [-0.05, 0) is 25.3 Å². The van der Waals surface area contributed by atoms with Crippen molar-refractivity contribution in [1.29, 1.82) is 0 Å².